The molecule has 1 atom stereocenters. The SMILES string of the molecule is Cc1ccc(/C=C/C[C@]2(C)C(=O)C(Br)=Cc3ccccc32)cc1. The summed E-state index contributed by atoms with van der Waals surface area (Å²) in [5, 5.41) is 0. The summed E-state index contributed by atoms with van der Waals surface area (Å²) in [4.78, 5) is 12.7. The van der Waals surface area contributed by atoms with E-state index in [2.05, 4.69) is 71.4 Å². The highest BCUT2D eigenvalue weighted by atomic mass is 79.9. The van der Waals surface area contributed by atoms with Crippen molar-refractivity contribution in [2.24, 2.45) is 0 Å². The van der Waals surface area contributed by atoms with Crippen LogP contribution in [0.5, 0.6) is 0 Å². The maximum Gasteiger partial charge on any atom is 0.180 e. The van der Waals surface area contributed by atoms with Gasteiger partial charge in [0.15, 0.2) is 5.78 Å². The lowest BCUT2D eigenvalue weighted by Gasteiger charge is -2.32. The number of benzene rings is 2. The molecule has 0 radical (unpaired) electrons. The minimum atomic E-state index is -0.522. The average Bonchev–Trinajstić information content (AvgIpc) is 2.55. The first-order chi connectivity index (χ1) is 11.0. The topological polar surface area (TPSA) is 17.1 Å². The predicted octanol–water partition coefficient (Wildman–Crippen LogP) is 5.67. The highest BCUT2D eigenvalue weighted by Gasteiger charge is 2.39. The summed E-state index contributed by atoms with van der Waals surface area (Å²) < 4.78 is 0.655. The molecule has 116 valence electrons. The summed E-state index contributed by atoms with van der Waals surface area (Å²) in [6.45, 7) is 4.11. The Morgan fingerprint density at radius 1 is 1.09 bits per heavy atom. The zero-order valence-electron chi connectivity index (χ0n) is 13.3. The van der Waals surface area contributed by atoms with Gasteiger partial charge < -0.3 is 0 Å². The fourth-order valence-electron chi connectivity index (χ4n) is 3.02. The van der Waals surface area contributed by atoms with E-state index >= 15 is 0 Å². The predicted molar refractivity (Wildman–Crippen MR) is 101 cm³/mol. The molecule has 1 aliphatic rings. The third-order valence-electron chi connectivity index (χ3n) is 4.47. The lowest BCUT2D eigenvalue weighted by molar-refractivity contribution is -0.119. The van der Waals surface area contributed by atoms with E-state index in [-0.39, 0.29) is 5.78 Å². The molecule has 0 N–H and O–H groups in total. The molecule has 1 nitrogen and oxygen atoms in total. The van der Waals surface area contributed by atoms with Crippen LogP contribution in [0.25, 0.3) is 12.2 Å². The second kappa shape index (κ2) is 6.29. The molecule has 0 fully saturated rings. The maximum absolute atomic E-state index is 12.7. The summed E-state index contributed by atoms with van der Waals surface area (Å²) in [7, 11) is 0. The summed E-state index contributed by atoms with van der Waals surface area (Å²) in [5.41, 5.74) is 4.10. The number of allylic oxidation sites excluding steroid dienone is 2. The number of ketones is 1. The Morgan fingerprint density at radius 3 is 2.52 bits per heavy atom. The largest absolute Gasteiger partial charge is 0.293 e. The zero-order chi connectivity index (χ0) is 16.4. The number of carbonyl (C=O) groups excluding carboxylic acids is 1. The van der Waals surface area contributed by atoms with Crippen LogP contribution >= 0.6 is 15.9 Å². The van der Waals surface area contributed by atoms with Crippen LogP contribution in [0.3, 0.4) is 0 Å². The van der Waals surface area contributed by atoms with Crippen LogP contribution in [-0.4, -0.2) is 5.78 Å². The normalized spacial score (nSPS) is 20.5. The first-order valence-electron chi connectivity index (χ1n) is 7.75. The Balaban J connectivity index is 1.90. The Labute approximate surface area is 145 Å². The van der Waals surface area contributed by atoms with Gasteiger partial charge in [0.1, 0.15) is 0 Å². The molecule has 2 aromatic carbocycles. The summed E-state index contributed by atoms with van der Waals surface area (Å²) in [5.74, 6) is 0.143. The van der Waals surface area contributed by atoms with Crippen molar-refractivity contribution in [2.45, 2.75) is 25.7 Å². The van der Waals surface area contributed by atoms with Crippen LogP contribution < -0.4 is 0 Å². The van der Waals surface area contributed by atoms with Gasteiger partial charge in [0, 0.05) is 0 Å². The van der Waals surface area contributed by atoms with Gasteiger partial charge in [-0.2, -0.15) is 0 Å². The molecule has 2 heteroatoms. The standard InChI is InChI=1S/C21H19BrO/c1-15-9-11-16(12-10-15)6-5-13-21(2)18-8-4-3-7-17(18)14-19(22)20(21)23/h3-12,14H,13H2,1-2H3/b6-5+/t21-/m0/s1. The van der Waals surface area contributed by atoms with Crippen molar-refractivity contribution in [3.63, 3.8) is 0 Å². The fraction of sp³-hybridized carbons (Fsp3) is 0.190. The van der Waals surface area contributed by atoms with Crippen LogP contribution in [0.15, 0.2) is 59.1 Å². The molecule has 0 saturated carbocycles. The molecule has 0 heterocycles. The minimum absolute atomic E-state index is 0.143. The van der Waals surface area contributed by atoms with E-state index in [9.17, 15) is 4.79 Å². The Morgan fingerprint density at radius 2 is 1.78 bits per heavy atom. The van der Waals surface area contributed by atoms with Crippen molar-refractivity contribution in [1.29, 1.82) is 0 Å². The molecule has 23 heavy (non-hydrogen) atoms. The summed E-state index contributed by atoms with van der Waals surface area (Å²) >= 11 is 3.43. The number of aryl methyl sites for hydroxylation is 1. The fourth-order valence-corrected chi connectivity index (χ4v) is 3.71. The van der Waals surface area contributed by atoms with Crippen LogP contribution in [0.2, 0.25) is 0 Å². The quantitative estimate of drug-likeness (QED) is 0.683. The molecule has 0 saturated heterocycles. The molecule has 0 unspecified atom stereocenters. The minimum Gasteiger partial charge on any atom is -0.293 e. The molecule has 0 bridgehead atoms. The van der Waals surface area contributed by atoms with Crippen molar-refractivity contribution >= 4 is 33.9 Å². The van der Waals surface area contributed by atoms with Gasteiger partial charge in [0.2, 0.25) is 0 Å². The molecular weight excluding hydrogens is 348 g/mol. The van der Waals surface area contributed by atoms with E-state index in [0.29, 0.717) is 10.9 Å². The number of hydrogen-bond donors (Lipinski definition) is 0. The van der Waals surface area contributed by atoms with Gasteiger partial charge in [-0.05, 0) is 59.0 Å². The van der Waals surface area contributed by atoms with E-state index in [1.807, 2.05) is 25.1 Å². The van der Waals surface area contributed by atoms with Crippen molar-refractivity contribution in [1.82, 2.24) is 0 Å². The molecule has 0 amide bonds. The van der Waals surface area contributed by atoms with Crippen LogP contribution in [-0.2, 0) is 10.2 Å². The third kappa shape index (κ3) is 3.09. The van der Waals surface area contributed by atoms with Gasteiger partial charge >= 0.3 is 0 Å². The van der Waals surface area contributed by atoms with Crippen molar-refractivity contribution in [2.75, 3.05) is 0 Å². The van der Waals surface area contributed by atoms with Crippen molar-refractivity contribution in [3.8, 4) is 0 Å². The molecule has 3 rings (SSSR count). The number of hydrogen-bond acceptors (Lipinski definition) is 1. The Kier molecular flexibility index (Phi) is 4.36. The molecular formula is C21H19BrO. The van der Waals surface area contributed by atoms with Gasteiger partial charge in [0.05, 0.1) is 9.90 Å². The first kappa shape index (κ1) is 15.9. The molecule has 2 aromatic rings. The molecule has 0 spiro atoms. The lowest BCUT2D eigenvalue weighted by Crippen LogP contribution is -2.35. The van der Waals surface area contributed by atoms with Crippen molar-refractivity contribution in [3.05, 3.63) is 81.3 Å². The maximum atomic E-state index is 12.7. The third-order valence-corrected chi connectivity index (χ3v) is 5.06. The van der Waals surface area contributed by atoms with E-state index in [1.165, 1.54) is 5.56 Å². The van der Waals surface area contributed by atoms with Crippen LogP contribution in [0.1, 0.15) is 35.6 Å². The van der Waals surface area contributed by atoms with Crippen LogP contribution in [0.4, 0.5) is 0 Å². The zero-order valence-corrected chi connectivity index (χ0v) is 14.9. The highest BCUT2D eigenvalue weighted by Crippen LogP contribution is 2.40. The van der Waals surface area contributed by atoms with Crippen molar-refractivity contribution < 1.29 is 4.79 Å². The van der Waals surface area contributed by atoms with E-state index in [4.69, 9.17) is 0 Å². The Hall–Kier alpha value is -1.93. The van der Waals surface area contributed by atoms with Gasteiger partial charge in [-0.1, -0.05) is 66.2 Å². The molecule has 0 aromatic heterocycles. The number of rotatable bonds is 3. The monoisotopic (exact) mass is 366 g/mol. The average molecular weight is 367 g/mol. The second-order valence-electron chi connectivity index (χ2n) is 6.26. The van der Waals surface area contributed by atoms with Gasteiger partial charge in [-0.3, -0.25) is 4.79 Å². The van der Waals surface area contributed by atoms with Crippen LogP contribution in [0, 0.1) is 6.92 Å². The van der Waals surface area contributed by atoms with E-state index in [1.54, 1.807) is 0 Å². The summed E-state index contributed by atoms with van der Waals surface area (Å²) in [6.07, 6.45) is 6.79. The first-order valence-corrected chi connectivity index (χ1v) is 8.55. The van der Waals surface area contributed by atoms with Gasteiger partial charge in [-0.25, -0.2) is 0 Å². The highest BCUT2D eigenvalue weighted by molar-refractivity contribution is 9.12. The molecule has 0 aliphatic heterocycles. The number of halogens is 1. The molecule has 1 aliphatic carbocycles. The Bertz CT molecular complexity index is 799. The number of fused-ring (bicyclic) bond motifs is 1. The van der Waals surface area contributed by atoms with Gasteiger partial charge in [-0.15, -0.1) is 0 Å². The summed E-state index contributed by atoms with van der Waals surface area (Å²) in [6, 6.07) is 16.5. The van der Waals surface area contributed by atoms with E-state index < -0.39 is 5.41 Å². The smallest absolute Gasteiger partial charge is 0.180 e. The van der Waals surface area contributed by atoms with E-state index in [0.717, 1.165) is 16.7 Å². The lowest BCUT2D eigenvalue weighted by atomic mass is 9.71. The second-order valence-corrected chi connectivity index (χ2v) is 7.11. The number of carbonyl (C=O) groups is 1. The van der Waals surface area contributed by atoms with Gasteiger partial charge in [0.25, 0.3) is 0 Å². The number of Topliss-reactive ketones (excluding diaryl/α,β-unsaturated/α-hetero) is 1.